The quantitative estimate of drug-likeness (QED) is 0.844. The average Bonchev–Trinajstić information content (AvgIpc) is 3.26. The number of carbonyl (C=O) groups is 1. The maximum atomic E-state index is 12.8. The number of urea groups is 1. The largest absolute Gasteiger partial charge is 0.492 e. The van der Waals surface area contributed by atoms with Crippen LogP contribution in [0, 0.1) is 0 Å². The molecular formula is C19H25N3O3. The van der Waals surface area contributed by atoms with Crippen molar-refractivity contribution >= 4 is 11.7 Å². The molecule has 1 N–H and O–H groups in total. The van der Waals surface area contributed by atoms with Crippen LogP contribution in [0.15, 0.2) is 34.9 Å². The van der Waals surface area contributed by atoms with E-state index in [2.05, 4.69) is 17.4 Å². The van der Waals surface area contributed by atoms with Crippen molar-refractivity contribution in [3.05, 3.63) is 41.8 Å². The molecular weight excluding hydrogens is 318 g/mol. The van der Waals surface area contributed by atoms with Crippen LogP contribution in [0.3, 0.4) is 0 Å². The Morgan fingerprint density at radius 3 is 3.04 bits per heavy atom. The second-order valence-electron chi connectivity index (χ2n) is 6.18. The van der Waals surface area contributed by atoms with E-state index in [0.29, 0.717) is 24.6 Å². The predicted molar refractivity (Wildman–Crippen MR) is 95.8 cm³/mol. The number of amides is 2. The molecule has 0 radical (unpaired) electrons. The Hall–Kier alpha value is -2.50. The van der Waals surface area contributed by atoms with Gasteiger partial charge in [0.2, 0.25) is 0 Å². The zero-order chi connectivity index (χ0) is 17.6. The van der Waals surface area contributed by atoms with Crippen molar-refractivity contribution in [3.63, 3.8) is 0 Å². The number of aryl methyl sites for hydroxylation is 1. The van der Waals surface area contributed by atoms with Gasteiger partial charge in [-0.1, -0.05) is 24.2 Å². The summed E-state index contributed by atoms with van der Waals surface area (Å²) < 4.78 is 11.0. The Labute approximate surface area is 148 Å². The minimum Gasteiger partial charge on any atom is -0.492 e. The molecule has 1 aromatic carbocycles. The summed E-state index contributed by atoms with van der Waals surface area (Å²) in [5.41, 5.74) is 1.53. The third kappa shape index (κ3) is 3.95. The Bertz CT molecular complexity index is 713. The Balaban J connectivity index is 1.72. The molecule has 0 aliphatic carbocycles. The van der Waals surface area contributed by atoms with Gasteiger partial charge in [0.05, 0.1) is 18.3 Å². The summed E-state index contributed by atoms with van der Waals surface area (Å²) in [5.74, 6) is 1.56. The van der Waals surface area contributed by atoms with Crippen molar-refractivity contribution in [2.24, 2.45) is 0 Å². The monoisotopic (exact) mass is 343 g/mol. The number of hydrogen-bond donors (Lipinski definition) is 1. The first-order valence-electron chi connectivity index (χ1n) is 8.97. The molecule has 25 heavy (non-hydrogen) atoms. The van der Waals surface area contributed by atoms with Gasteiger partial charge >= 0.3 is 6.03 Å². The van der Waals surface area contributed by atoms with E-state index in [9.17, 15) is 4.79 Å². The van der Waals surface area contributed by atoms with Crippen LogP contribution >= 0.6 is 0 Å². The lowest BCUT2D eigenvalue weighted by atomic mass is 10.1. The molecule has 2 aromatic rings. The molecule has 2 heterocycles. The normalized spacial score (nSPS) is 16.9. The molecule has 6 heteroatoms. The van der Waals surface area contributed by atoms with Gasteiger partial charge in [-0.05, 0) is 38.3 Å². The summed E-state index contributed by atoms with van der Waals surface area (Å²) in [7, 11) is 0. The SMILES string of the molecule is CCCc1cc([C@@H]2CCCN2C(=O)Nc2ccccc2OCC)no1. The van der Waals surface area contributed by atoms with E-state index in [1.54, 1.807) is 0 Å². The second-order valence-corrected chi connectivity index (χ2v) is 6.18. The predicted octanol–water partition coefficient (Wildman–Crippen LogP) is 4.39. The lowest BCUT2D eigenvalue weighted by Gasteiger charge is -2.24. The van der Waals surface area contributed by atoms with Crippen molar-refractivity contribution in [1.82, 2.24) is 10.1 Å². The first kappa shape index (κ1) is 17.3. The van der Waals surface area contributed by atoms with Crippen molar-refractivity contribution in [3.8, 4) is 5.75 Å². The highest BCUT2D eigenvalue weighted by Crippen LogP contribution is 2.33. The van der Waals surface area contributed by atoms with Crippen LogP contribution < -0.4 is 10.1 Å². The number of hydrogen-bond acceptors (Lipinski definition) is 4. The zero-order valence-electron chi connectivity index (χ0n) is 14.8. The molecule has 0 spiro atoms. The highest BCUT2D eigenvalue weighted by molar-refractivity contribution is 5.91. The van der Waals surface area contributed by atoms with Gasteiger partial charge in [-0.2, -0.15) is 0 Å². The van der Waals surface area contributed by atoms with Crippen LogP contribution in [-0.4, -0.2) is 29.2 Å². The molecule has 2 amide bonds. The Morgan fingerprint density at radius 1 is 1.40 bits per heavy atom. The number of para-hydroxylation sites is 2. The van der Waals surface area contributed by atoms with E-state index in [4.69, 9.17) is 9.26 Å². The first-order valence-corrected chi connectivity index (χ1v) is 8.97. The van der Waals surface area contributed by atoms with Crippen molar-refractivity contribution < 1.29 is 14.1 Å². The molecule has 0 unspecified atom stereocenters. The summed E-state index contributed by atoms with van der Waals surface area (Å²) in [6, 6.07) is 9.30. The van der Waals surface area contributed by atoms with Crippen molar-refractivity contribution in [2.75, 3.05) is 18.5 Å². The number of nitrogens with one attached hydrogen (secondary N) is 1. The van der Waals surface area contributed by atoms with Gasteiger partial charge in [-0.15, -0.1) is 0 Å². The number of nitrogens with zero attached hydrogens (tertiary/aromatic N) is 2. The van der Waals surface area contributed by atoms with Crippen LogP contribution in [0.2, 0.25) is 0 Å². The van der Waals surface area contributed by atoms with Crippen LogP contribution in [0.4, 0.5) is 10.5 Å². The Morgan fingerprint density at radius 2 is 2.24 bits per heavy atom. The molecule has 0 bridgehead atoms. The maximum Gasteiger partial charge on any atom is 0.322 e. The first-order chi connectivity index (χ1) is 12.2. The number of ether oxygens (including phenoxy) is 1. The highest BCUT2D eigenvalue weighted by Gasteiger charge is 2.32. The molecule has 1 fully saturated rings. The van der Waals surface area contributed by atoms with Crippen LogP contribution in [0.5, 0.6) is 5.75 Å². The molecule has 1 aliphatic rings. The van der Waals surface area contributed by atoms with E-state index in [1.807, 2.05) is 42.2 Å². The number of benzene rings is 1. The van der Waals surface area contributed by atoms with Gasteiger partial charge in [0, 0.05) is 19.0 Å². The van der Waals surface area contributed by atoms with E-state index < -0.39 is 0 Å². The number of rotatable bonds is 6. The number of likely N-dealkylation sites (tertiary alicyclic amines) is 1. The van der Waals surface area contributed by atoms with Gasteiger partial charge in [-0.3, -0.25) is 0 Å². The molecule has 1 aromatic heterocycles. The fourth-order valence-corrected chi connectivity index (χ4v) is 3.21. The standard InChI is InChI=1S/C19H25N3O3/c1-3-8-14-13-16(21-25-14)17-10-7-12-22(17)19(23)20-15-9-5-6-11-18(15)24-4-2/h5-6,9,11,13,17H,3-4,7-8,10,12H2,1-2H3,(H,20,23)/t17-/m0/s1. The lowest BCUT2D eigenvalue weighted by Crippen LogP contribution is -2.34. The van der Waals surface area contributed by atoms with Gasteiger partial charge < -0.3 is 19.5 Å². The summed E-state index contributed by atoms with van der Waals surface area (Å²) in [5, 5.41) is 7.15. The fourth-order valence-electron chi connectivity index (χ4n) is 3.21. The van der Waals surface area contributed by atoms with Crippen molar-refractivity contribution in [2.45, 2.75) is 45.6 Å². The minimum atomic E-state index is -0.130. The average molecular weight is 343 g/mol. The molecule has 0 saturated carbocycles. The smallest absolute Gasteiger partial charge is 0.322 e. The summed E-state index contributed by atoms with van der Waals surface area (Å²) >= 11 is 0. The molecule has 1 saturated heterocycles. The van der Waals surface area contributed by atoms with Crippen LogP contribution in [-0.2, 0) is 6.42 Å². The second kappa shape index (κ2) is 8.05. The van der Waals surface area contributed by atoms with Gasteiger partial charge in [0.1, 0.15) is 17.2 Å². The third-order valence-electron chi connectivity index (χ3n) is 4.36. The highest BCUT2D eigenvalue weighted by atomic mass is 16.5. The third-order valence-corrected chi connectivity index (χ3v) is 4.36. The van der Waals surface area contributed by atoms with Gasteiger partial charge in [-0.25, -0.2) is 4.79 Å². The molecule has 134 valence electrons. The number of carbonyl (C=O) groups excluding carboxylic acids is 1. The number of anilines is 1. The van der Waals surface area contributed by atoms with E-state index in [0.717, 1.165) is 37.1 Å². The summed E-state index contributed by atoms with van der Waals surface area (Å²) in [6.07, 6.45) is 3.74. The summed E-state index contributed by atoms with van der Waals surface area (Å²) in [4.78, 5) is 14.6. The van der Waals surface area contributed by atoms with Gasteiger partial charge in [0.25, 0.3) is 0 Å². The van der Waals surface area contributed by atoms with Crippen LogP contribution in [0.1, 0.15) is 50.6 Å². The molecule has 6 nitrogen and oxygen atoms in total. The van der Waals surface area contributed by atoms with E-state index in [1.165, 1.54) is 0 Å². The lowest BCUT2D eigenvalue weighted by molar-refractivity contribution is 0.204. The van der Waals surface area contributed by atoms with Crippen molar-refractivity contribution in [1.29, 1.82) is 0 Å². The topological polar surface area (TPSA) is 67.6 Å². The summed E-state index contributed by atoms with van der Waals surface area (Å²) in [6.45, 7) is 5.29. The number of aromatic nitrogens is 1. The maximum absolute atomic E-state index is 12.8. The van der Waals surface area contributed by atoms with Crippen LogP contribution in [0.25, 0.3) is 0 Å². The van der Waals surface area contributed by atoms with E-state index in [-0.39, 0.29) is 12.1 Å². The zero-order valence-corrected chi connectivity index (χ0v) is 14.8. The minimum absolute atomic E-state index is 0.0337. The fraction of sp³-hybridized carbons (Fsp3) is 0.474. The Kier molecular flexibility index (Phi) is 5.58. The van der Waals surface area contributed by atoms with E-state index >= 15 is 0 Å². The molecule has 3 rings (SSSR count). The molecule has 1 atom stereocenters. The molecule has 1 aliphatic heterocycles. The van der Waals surface area contributed by atoms with Gasteiger partial charge in [0.15, 0.2) is 0 Å².